The van der Waals surface area contributed by atoms with Crippen molar-refractivity contribution in [3.05, 3.63) is 107 Å². The number of aromatic nitrogens is 6. The molecule has 6 rings (SSSR count). The number of para-hydroxylation sites is 1. The maximum atomic E-state index is 14.3. The monoisotopic (exact) mass is 487 g/mol. The van der Waals surface area contributed by atoms with E-state index in [9.17, 15) is 4.79 Å². The molecule has 37 heavy (non-hydrogen) atoms. The lowest BCUT2D eigenvalue weighted by Gasteiger charge is -2.22. The molecule has 1 atom stereocenters. The van der Waals surface area contributed by atoms with Crippen LogP contribution in [0.4, 0.5) is 5.82 Å². The van der Waals surface area contributed by atoms with Crippen LogP contribution >= 0.6 is 0 Å². The highest BCUT2D eigenvalue weighted by atomic mass is 16.1. The molecular weight excluding hydrogens is 462 g/mol. The van der Waals surface area contributed by atoms with E-state index in [2.05, 4.69) is 31.4 Å². The topological polar surface area (TPSA) is 90.5 Å². The number of rotatable bonds is 5. The van der Waals surface area contributed by atoms with Crippen LogP contribution in [0.1, 0.15) is 24.4 Å². The summed E-state index contributed by atoms with van der Waals surface area (Å²) in [5, 5.41) is 9.50. The summed E-state index contributed by atoms with van der Waals surface area (Å²) in [6, 6.07) is 21.2. The van der Waals surface area contributed by atoms with Crippen molar-refractivity contribution >= 4 is 27.6 Å². The third kappa shape index (κ3) is 3.92. The normalized spacial score (nSPS) is 12.2. The molecule has 0 saturated carbocycles. The first-order valence-electron chi connectivity index (χ1n) is 12.1. The summed E-state index contributed by atoms with van der Waals surface area (Å²) in [4.78, 5) is 27.5. The quantitative estimate of drug-likeness (QED) is 0.359. The molecule has 1 N–H and O–H groups in total. The molecule has 0 fully saturated rings. The fourth-order valence-electron chi connectivity index (χ4n) is 4.91. The molecule has 0 saturated heterocycles. The number of anilines is 1. The molecular formula is C29H25N7O. The van der Waals surface area contributed by atoms with Crippen LogP contribution in [-0.4, -0.2) is 29.3 Å². The fraction of sp³-hybridized carbons (Fsp3) is 0.138. The molecule has 182 valence electrons. The van der Waals surface area contributed by atoms with Crippen molar-refractivity contribution in [1.29, 1.82) is 0 Å². The number of nitrogens with one attached hydrogen (secondary N) is 1. The van der Waals surface area contributed by atoms with Crippen molar-refractivity contribution < 1.29 is 0 Å². The SMILES string of the molecule is Cc1nn(C)cc1-c1cccc2cc(C(C)Nc3ncnc4cccnc34)n(-c3ccccc3)c(=O)c12. The first kappa shape index (κ1) is 22.6. The van der Waals surface area contributed by atoms with Gasteiger partial charge in [-0.25, -0.2) is 9.97 Å². The second kappa shape index (κ2) is 8.98. The maximum Gasteiger partial charge on any atom is 0.263 e. The van der Waals surface area contributed by atoms with E-state index in [0.29, 0.717) is 16.7 Å². The number of hydrogen-bond donors (Lipinski definition) is 1. The van der Waals surface area contributed by atoms with Gasteiger partial charge in [0.05, 0.1) is 22.6 Å². The summed E-state index contributed by atoms with van der Waals surface area (Å²) in [5.41, 5.74) is 5.65. The zero-order valence-electron chi connectivity index (χ0n) is 20.8. The first-order valence-corrected chi connectivity index (χ1v) is 12.1. The van der Waals surface area contributed by atoms with Gasteiger partial charge < -0.3 is 5.32 Å². The predicted octanol–water partition coefficient (Wildman–Crippen LogP) is 5.21. The molecule has 4 aromatic heterocycles. The zero-order valence-corrected chi connectivity index (χ0v) is 20.8. The average molecular weight is 488 g/mol. The van der Waals surface area contributed by atoms with Crippen LogP contribution < -0.4 is 10.9 Å². The lowest BCUT2D eigenvalue weighted by Crippen LogP contribution is -2.26. The third-order valence-corrected chi connectivity index (χ3v) is 6.58. The number of benzene rings is 2. The Bertz CT molecular complexity index is 1820. The summed E-state index contributed by atoms with van der Waals surface area (Å²) in [7, 11) is 1.89. The van der Waals surface area contributed by atoms with Crippen LogP contribution in [0.2, 0.25) is 0 Å². The Hall–Kier alpha value is -4.85. The summed E-state index contributed by atoms with van der Waals surface area (Å²) in [6.07, 6.45) is 5.20. The van der Waals surface area contributed by atoms with Gasteiger partial charge in [-0.2, -0.15) is 5.10 Å². The van der Waals surface area contributed by atoms with Crippen LogP contribution in [0, 0.1) is 6.92 Å². The summed E-state index contributed by atoms with van der Waals surface area (Å²) in [6.45, 7) is 3.98. The summed E-state index contributed by atoms with van der Waals surface area (Å²) in [5.74, 6) is 0.616. The fourth-order valence-corrected chi connectivity index (χ4v) is 4.91. The highest BCUT2D eigenvalue weighted by Gasteiger charge is 2.20. The molecule has 0 spiro atoms. The maximum absolute atomic E-state index is 14.3. The predicted molar refractivity (Wildman–Crippen MR) is 146 cm³/mol. The molecule has 0 aliphatic rings. The summed E-state index contributed by atoms with van der Waals surface area (Å²) < 4.78 is 3.56. The molecule has 6 aromatic rings. The second-order valence-corrected chi connectivity index (χ2v) is 9.08. The van der Waals surface area contributed by atoms with E-state index in [4.69, 9.17) is 0 Å². The van der Waals surface area contributed by atoms with E-state index in [1.54, 1.807) is 15.4 Å². The standard InChI is InChI=1S/C29H25N7O/c1-18-23(16-35(3)34-18)22-12-7-9-20-15-25(36(29(37)26(20)22)21-10-5-4-6-11-21)19(2)33-28-27-24(31-17-32-28)13-8-14-30-27/h4-17,19H,1-3H3,(H,31,32,33). The Morgan fingerprint density at radius 1 is 0.919 bits per heavy atom. The van der Waals surface area contributed by atoms with E-state index in [1.165, 1.54) is 6.33 Å². The molecule has 8 heteroatoms. The Labute approximate surface area is 213 Å². The van der Waals surface area contributed by atoms with Gasteiger partial charge in [-0.1, -0.05) is 36.4 Å². The molecule has 1 unspecified atom stereocenters. The summed E-state index contributed by atoms with van der Waals surface area (Å²) >= 11 is 0. The number of nitrogens with zero attached hydrogens (tertiary/aromatic N) is 6. The van der Waals surface area contributed by atoms with Gasteiger partial charge in [-0.05, 0) is 55.1 Å². The van der Waals surface area contributed by atoms with Crippen LogP contribution in [0.5, 0.6) is 0 Å². The number of fused-ring (bicyclic) bond motifs is 2. The van der Waals surface area contributed by atoms with Gasteiger partial charge in [-0.15, -0.1) is 0 Å². The second-order valence-electron chi connectivity index (χ2n) is 9.08. The Balaban J connectivity index is 1.58. The highest BCUT2D eigenvalue weighted by Crippen LogP contribution is 2.31. The van der Waals surface area contributed by atoms with Crippen LogP contribution in [0.15, 0.2) is 90.2 Å². The van der Waals surface area contributed by atoms with Crippen molar-refractivity contribution in [2.24, 2.45) is 7.05 Å². The van der Waals surface area contributed by atoms with E-state index in [-0.39, 0.29) is 11.6 Å². The largest absolute Gasteiger partial charge is 0.360 e. The van der Waals surface area contributed by atoms with Crippen molar-refractivity contribution in [2.45, 2.75) is 19.9 Å². The molecule has 8 nitrogen and oxygen atoms in total. The number of pyridine rings is 2. The minimum Gasteiger partial charge on any atom is -0.360 e. The molecule has 0 bridgehead atoms. The van der Waals surface area contributed by atoms with Crippen molar-refractivity contribution in [3.8, 4) is 16.8 Å². The van der Waals surface area contributed by atoms with Crippen LogP contribution in [0.3, 0.4) is 0 Å². The number of aryl methyl sites for hydroxylation is 2. The van der Waals surface area contributed by atoms with Crippen molar-refractivity contribution in [3.63, 3.8) is 0 Å². The molecule has 0 aliphatic carbocycles. The molecule has 4 heterocycles. The molecule has 2 aromatic carbocycles. The zero-order chi connectivity index (χ0) is 25.5. The van der Waals surface area contributed by atoms with Gasteiger partial charge in [0.2, 0.25) is 0 Å². The van der Waals surface area contributed by atoms with E-state index in [0.717, 1.165) is 39.1 Å². The Morgan fingerprint density at radius 3 is 2.54 bits per heavy atom. The van der Waals surface area contributed by atoms with Gasteiger partial charge in [-0.3, -0.25) is 19.0 Å². The van der Waals surface area contributed by atoms with Crippen LogP contribution in [0.25, 0.3) is 38.6 Å². The van der Waals surface area contributed by atoms with Gasteiger partial charge in [0.1, 0.15) is 11.8 Å². The van der Waals surface area contributed by atoms with Gasteiger partial charge in [0, 0.05) is 36.4 Å². The number of hydrogen-bond acceptors (Lipinski definition) is 6. The van der Waals surface area contributed by atoms with Crippen molar-refractivity contribution in [2.75, 3.05) is 5.32 Å². The Morgan fingerprint density at radius 2 is 1.76 bits per heavy atom. The van der Waals surface area contributed by atoms with Crippen molar-refractivity contribution in [1.82, 2.24) is 29.3 Å². The van der Waals surface area contributed by atoms with E-state index in [1.807, 2.05) is 87.8 Å². The third-order valence-electron chi connectivity index (χ3n) is 6.58. The van der Waals surface area contributed by atoms with Gasteiger partial charge in [0.15, 0.2) is 5.82 Å². The molecule has 0 aliphatic heterocycles. The van der Waals surface area contributed by atoms with E-state index >= 15 is 0 Å². The minimum atomic E-state index is -0.263. The lowest BCUT2D eigenvalue weighted by atomic mass is 9.98. The van der Waals surface area contributed by atoms with Gasteiger partial charge >= 0.3 is 0 Å². The van der Waals surface area contributed by atoms with E-state index < -0.39 is 0 Å². The lowest BCUT2D eigenvalue weighted by molar-refractivity contribution is 0.756. The minimum absolute atomic E-state index is 0.0862. The first-order chi connectivity index (χ1) is 18.0. The smallest absolute Gasteiger partial charge is 0.263 e. The van der Waals surface area contributed by atoms with Gasteiger partial charge in [0.25, 0.3) is 5.56 Å². The molecule has 0 radical (unpaired) electrons. The van der Waals surface area contributed by atoms with Crippen LogP contribution in [-0.2, 0) is 7.05 Å². The molecule has 0 amide bonds. The highest BCUT2D eigenvalue weighted by molar-refractivity contribution is 5.97. The Kier molecular flexibility index (Phi) is 5.49. The average Bonchev–Trinajstić information content (AvgIpc) is 3.26.